The van der Waals surface area contributed by atoms with Crippen LogP contribution in [0.2, 0.25) is 0 Å². The molecule has 4 heteroatoms. The Morgan fingerprint density at radius 2 is 2.14 bits per heavy atom. The largest absolute Gasteiger partial charge is 0.469 e. The summed E-state index contributed by atoms with van der Waals surface area (Å²) in [5.74, 6) is 1.13. The van der Waals surface area contributed by atoms with Crippen LogP contribution in [0.4, 0.5) is 0 Å². The molecular weight excluding hydrogens is 264 g/mol. The molecule has 0 aromatic heterocycles. The molecule has 0 bridgehead atoms. The third kappa shape index (κ3) is 2.83. The fraction of sp³-hybridized carbons (Fsp3) is 0.588. The summed E-state index contributed by atoms with van der Waals surface area (Å²) in [6.07, 6.45) is 0. The summed E-state index contributed by atoms with van der Waals surface area (Å²) in [5, 5.41) is 3.48. The third-order valence-electron chi connectivity index (χ3n) is 5.16. The SMILES string of the molecule is COC(=O)C(CN1CC2CNCC2C1C)c1ccccc1. The molecule has 2 aliphatic rings. The van der Waals surface area contributed by atoms with E-state index in [0.29, 0.717) is 6.04 Å². The van der Waals surface area contributed by atoms with Gasteiger partial charge in [-0.1, -0.05) is 30.3 Å². The first kappa shape index (κ1) is 14.5. The van der Waals surface area contributed by atoms with Gasteiger partial charge < -0.3 is 10.1 Å². The van der Waals surface area contributed by atoms with E-state index in [1.165, 1.54) is 7.11 Å². The first-order valence-corrected chi connectivity index (χ1v) is 7.78. The number of carbonyl (C=O) groups excluding carboxylic acids is 1. The Bertz CT molecular complexity index is 491. The van der Waals surface area contributed by atoms with Crippen LogP contribution < -0.4 is 5.32 Å². The van der Waals surface area contributed by atoms with Crippen LogP contribution in [0.1, 0.15) is 18.4 Å². The van der Waals surface area contributed by atoms with Crippen molar-refractivity contribution in [3.63, 3.8) is 0 Å². The number of hydrogen-bond donors (Lipinski definition) is 1. The van der Waals surface area contributed by atoms with Crippen molar-refractivity contribution in [1.82, 2.24) is 10.2 Å². The van der Waals surface area contributed by atoms with Crippen molar-refractivity contribution in [1.29, 1.82) is 0 Å². The van der Waals surface area contributed by atoms with E-state index in [0.717, 1.165) is 43.6 Å². The maximum absolute atomic E-state index is 12.2. The number of rotatable bonds is 4. The highest BCUT2D eigenvalue weighted by atomic mass is 16.5. The highest BCUT2D eigenvalue weighted by molar-refractivity contribution is 5.78. The minimum atomic E-state index is -0.189. The molecule has 0 amide bonds. The van der Waals surface area contributed by atoms with Gasteiger partial charge in [0, 0.05) is 19.1 Å². The molecule has 4 nitrogen and oxygen atoms in total. The van der Waals surface area contributed by atoms with Crippen molar-refractivity contribution >= 4 is 5.97 Å². The molecule has 2 heterocycles. The number of hydrogen-bond acceptors (Lipinski definition) is 4. The lowest BCUT2D eigenvalue weighted by molar-refractivity contribution is -0.143. The Labute approximate surface area is 126 Å². The maximum atomic E-state index is 12.2. The Balaban J connectivity index is 1.75. The lowest BCUT2D eigenvalue weighted by Gasteiger charge is -2.28. The highest BCUT2D eigenvalue weighted by Crippen LogP contribution is 2.34. The quantitative estimate of drug-likeness (QED) is 0.852. The zero-order valence-corrected chi connectivity index (χ0v) is 12.8. The molecule has 0 aliphatic carbocycles. The molecule has 0 spiro atoms. The van der Waals surface area contributed by atoms with Crippen LogP contribution in [0.5, 0.6) is 0 Å². The maximum Gasteiger partial charge on any atom is 0.314 e. The number of nitrogens with one attached hydrogen (secondary N) is 1. The van der Waals surface area contributed by atoms with Crippen LogP contribution in [-0.2, 0) is 9.53 Å². The van der Waals surface area contributed by atoms with Gasteiger partial charge in [0.2, 0.25) is 0 Å². The fourth-order valence-corrected chi connectivity index (χ4v) is 3.88. The average molecular weight is 288 g/mol. The van der Waals surface area contributed by atoms with Crippen LogP contribution in [0, 0.1) is 11.8 Å². The summed E-state index contributed by atoms with van der Waals surface area (Å²) in [5.41, 5.74) is 1.05. The lowest BCUT2D eigenvalue weighted by Crippen LogP contribution is -2.38. The number of benzene rings is 1. The van der Waals surface area contributed by atoms with E-state index in [1.54, 1.807) is 0 Å². The molecule has 2 saturated heterocycles. The number of nitrogens with zero attached hydrogens (tertiary/aromatic N) is 1. The first-order valence-electron chi connectivity index (χ1n) is 7.78. The van der Waals surface area contributed by atoms with Crippen LogP contribution in [0.15, 0.2) is 30.3 Å². The molecule has 21 heavy (non-hydrogen) atoms. The van der Waals surface area contributed by atoms with Gasteiger partial charge in [0.05, 0.1) is 13.0 Å². The zero-order chi connectivity index (χ0) is 14.8. The molecular formula is C17H24N2O2. The van der Waals surface area contributed by atoms with E-state index in [2.05, 4.69) is 17.1 Å². The topological polar surface area (TPSA) is 41.6 Å². The second-order valence-corrected chi connectivity index (χ2v) is 6.26. The predicted molar refractivity (Wildman–Crippen MR) is 82.1 cm³/mol. The highest BCUT2D eigenvalue weighted by Gasteiger charge is 2.42. The van der Waals surface area contributed by atoms with Crippen molar-refractivity contribution in [2.24, 2.45) is 11.8 Å². The van der Waals surface area contributed by atoms with Gasteiger partial charge in [0.25, 0.3) is 0 Å². The molecule has 2 fully saturated rings. The Morgan fingerprint density at radius 3 is 2.81 bits per heavy atom. The van der Waals surface area contributed by atoms with E-state index in [-0.39, 0.29) is 11.9 Å². The minimum absolute atomic E-state index is 0.136. The van der Waals surface area contributed by atoms with E-state index in [1.807, 2.05) is 30.3 Å². The van der Waals surface area contributed by atoms with E-state index in [9.17, 15) is 4.79 Å². The van der Waals surface area contributed by atoms with Gasteiger partial charge in [-0.25, -0.2) is 0 Å². The minimum Gasteiger partial charge on any atom is -0.469 e. The molecule has 4 unspecified atom stereocenters. The third-order valence-corrected chi connectivity index (χ3v) is 5.16. The van der Waals surface area contributed by atoms with Crippen molar-refractivity contribution in [2.75, 3.05) is 33.3 Å². The molecule has 0 radical (unpaired) electrons. The summed E-state index contributed by atoms with van der Waals surface area (Å²) in [4.78, 5) is 14.7. The summed E-state index contributed by atoms with van der Waals surface area (Å²) < 4.78 is 5.03. The van der Waals surface area contributed by atoms with Gasteiger partial charge in [0.1, 0.15) is 0 Å². The molecule has 4 atom stereocenters. The number of ether oxygens (including phenoxy) is 1. The number of fused-ring (bicyclic) bond motifs is 1. The van der Waals surface area contributed by atoms with Gasteiger partial charge in [-0.05, 0) is 37.4 Å². The van der Waals surface area contributed by atoms with Crippen molar-refractivity contribution < 1.29 is 9.53 Å². The number of likely N-dealkylation sites (tertiary alicyclic amines) is 1. The Hall–Kier alpha value is -1.39. The Morgan fingerprint density at radius 1 is 1.38 bits per heavy atom. The van der Waals surface area contributed by atoms with Gasteiger partial charge in [-0.3, -0.25) is 9.69 Å². The molecule has 1 aromatic rings. The first-order chi connectivity index (χ1) is 10.2. The predicted octanol–water partition coefficient (Wildman–Crippen LogP) is 1.48. The second-order valence-electron chi connectivity index (χ2n) is 6.26. The van der Waals surface area contributed by atoms with E-state index < -0.39 is 0 Å². The molecule has 114 valence electrons. The zero-order valence-electron chi connectivity index (χ0n) is 12.8. The van der Waals surface area contributed by atoms with Crippen molar-refractivity contribution in [2.45, 2.75) is 18.9 Å². The van der Waals surface area contributed by atoms with E-state index >= 15 is 0 Å². The van der Waals surface area contributed by atoms with Crippen LogP contribution in [0.3, 0.4) is 0 Å². The van der Waals surface area contributed by atoms with Gasteiger partial charge in [-0.15, -0.1) is 0 Å². The van der Waals surface area contributed by atoms with Gasteiger partial charge >= 0.3 is 5.97 Å². The molecule has 2 aliphatic heterocycles. The monoisotopic (exact) mass is 288 g/mol. The van der Waals surface area contributed by atoms with Crippen molar-refractivity contribution in [3.05, 3.63) is 35.9 Å². The average Bonchev–Trinajstić information content (AvgIpc) is 3.09. The lowest BCUT2D eigenvalue weighted by atomic mass is 9.95. The summed E-state index contributed by atoms with van der Waals surface area (Å²) in [7, 11) is 1.48. The molecule has 0 saturated carbocycles. The van der Waals surface area contributed by atoms with Crippen LogP contribution in [0.25, 0.3) is 0 Å². The molecule has 1 N–H and O–H groups in total. The number of methoxy groups -OCH3 is 1. The van der Waals surface area contributed by atoms with Gasteiger partial charge in [0.15, 0.2) is 0 Å². The standard InChI is InChI=1S/C17H24N2O2/c1-12-15-9-18-8-14(15)10-19(12)11-16(17(20)21-2)13-6-4-3-5-7-13/h3-7,12,14-16,18H,8-11H2,1-2H3. The summed E-state index contributed by atoms with van der Waals surface area (Å²) >= 11 is 0. The molecule has 1 aromatic carbocycles. The smallest absolute Gasteiger partial charge is 0.314 e. The number of esters is 1. The second kappa shape index (κ2) is 6.16. The molecule has 3 rings (SSSR count). The van der Waals surface area contributed by atoms with Gasteiger partial charge in [-0.2, -0.15) is 0 Å². The van der Waals surface area contributed by atoms with Crippen molar-refractivity contribution in [3.8, 4) is 0 Å². The summed E-state index contributed by atoms with van der Waals surface area (Å²) in [6, 6.07) is 10.5. The Kier molecular flexibility index (Phi) is 4.27. The summed E-state index contributed by atoms with van der Waals surface area (Å²) in [6.45, 7) is 6.34. The van der Waals surface area contributed by atoms with Crippen LogP contribution >= 0.6 is 0 Å². The van der Waals surface area contributed by atoms with Crippen LogP contribution in [-0.4, -0.2) is 50.2 Å². The number of carbonyl (C=O) groups is 1. The normalized spacial score (nSPS) is 30.1. The van der Waals surface area contributed by atoms with E-state index in [4.69, 9.17) is 4.74 Å². The fourth-order valence-electron chi connectivity index (χ4n) is 3.88.